The van der Waals surface area contributed by atoms with Gasteiger partial charge in [-0.15, -0.1) is 0 Å². The molecule has 4 aromatic rings. The highest BCUT2D eigenvalue weighted by Gasteiger charge is 2.16. The molecule has 4 rings (SSSR count). The van der Waals surface area contributed by atoms with Gasteiger partial charge >= 0.3 is 0 Å². The second-order valence-electron chi connectivity index (χ2n) is 11.4. The number of halogens is 2. The number of hydrogen-bond acceptors (Lipinski definition) is 1. The molecule has 0 fully saturated rings. The van der Waals surface area contributed by atoms with Crippen molar-refractivity contribution in [3.63, 3.8) is 0 Å². The molecule has 0 atom stereocenters. The van der Waals surface area contributed by atoms with E-state index < -0.39 is 11.6 Å². The van der Waals surface area contributed by atoms with Gasteiger partial charge in [0.2, 0.25) is 0 Å². The molecule has 0 saturated carbocycles. The van der Waals surface area contributed by atoms with Gasteiger partial charge in [0.15, 0.2) is 11.6 Å². The molecule has 0 radical (unpaired) electrons. The molecule has 0 amide bonds. The fraction of sp³-hybridized carbons (Fsp3) is 0.385. The average Bonchev–Trinajstić information content (AvgIpc) is 3.03. The number of ether oxygens (including phenoxy) is 1. The zero-order valence-electron chi connectivity index (χ0n) is 25.4. The molecule has 0 saturated heterocycles. The highest BCUT2D eigenvalue weighted by Crippen LogP contribution is 2.33. The van der Waals surface area contributed by atoms with Crippen molar-refractivity contribution in [2.24, 2.45) is 0 Å². The van der Waals surface area contributed by atoms with E-state index in [2.05, 4.69) is 38.1 Å². The van der Waals surface area contributed by atoms with Gasteiger partial charge in [-0.05, 0) is 59.2 Å². The molecule has 0 heterocycles. The molecule has 0 spiro atoms. The first kappa shape index (κ1) is 31.5. The van der Waals surface area contributed by atoms with Crippen molar-refractivity contribution in [3.05, 3.63) is 102 Å². The predicted octanol–water partition coefficient (Wildman–Crippen LogP) is 12.2. The van der Waals surface area contributed by atoms with Crippen molar-refractivity contribution in [2.45, 2.75) is 90.9 Å². The Balaban J connectivity index is 1.35. The van der Waals surface area contributed by atoms with Gasteiger partial charge in [0.25, 0.3) is 0 Å². The lowest BCUT2D eigenvalue weighted by Gasteiger charge is -2.11. The maximum atomic E-state index is 15.3. The molecular formula is C39H46F2O. The van der Waals surface area contributed by atoms with Gasteiger partial charge in [-0.1, -0.05) is 144 Å². The van der Waals surface area contributed by atoms with Crippen LogP contribution in [-0.4, -0.2) is 6.61 Å². The first-order chi connectivity index (χ1) is 20.6. The van der Waals surface area contributed by atoms with E-state index in [-0.39, 0.29) is 11.1 Å². The van der Waals surface area contributed by atoms with Gasteiger partial charge in [0.1, 0.15) is 5.75 Å². The third-order valence-electron chi connectivity index (χ3n) is 8.07. The molecule has 0 N–H and O–H groups in total. The van der Waals surface area contributed by atoms with E-state index >= 15 is 8.78 Å². The van der Waals surface area contributed by atoms with Gasteiger partial charge in [0.05, 0.1) is 6.61 Å². The van der Waals surface area contributed by atoms with Crippen LogP contribution in [0.2, 0.25) is 0 Å². The predicted molar refractivity (Wildman–Crippen MR) is 174 cm³/mol. The summed E-state index contributed by atoms with van der Waals surface area (Å²) in [4.78, 5) is 0. The van der Waals surface area contributed by atoms with Crippen molar-refractivity contribution in [3.8, 4) is 39.1 Å². The Labute approximate surface area is 252 Å². The van der Waals surface area contributed by atoms with Crippen molar-refractivity contribution < 1.29 is 13.5 Å². The summed E-state index contributed by atoms with van der Waals surface area (Å²) in [5.41, 5.74) is 5.35. The maximum Gasteiger partial charge on any atom is 0.167 e. The summed E-state index contributed by atoms with van der Waals surface area (Å²) in [6.07, 6.45) is 14.8. The first-order valence-electron chi connectivity index (χ1n) is 16.0. The molecule has 0 bridgehead atoms. The van der Waals surface area contributed by atoms with E-state index in [4.69, 9.17) is 4.74 Å². The fourth-order valence-corrected chi connectivity index (χ4v) is 5.44. The standard InChI is InChI=1S/C39H46F2O/c1-3-5-7-9-10-12-14-30-15-17-31(18-16-30)32-19-21-33(22-20-32)36-27-28-37(39(41)38(36)40)34-23-25-35(26-24-34)42-29-13-11-8-6-4-2/h15-28H,3-14,29H2,1-2H3. The van der Waals surface area contributed by atoms with Crippen LogP contribution in [0.5, 0.6) is 5.75 Å². The number of aryl methyl sites for hydroxylation is 1. The Hall–Kier alpha value is -3.46. The monoisotopic (exact) mass is 568 g/mol. The molecular weight excluding hydrogens is 522 g/mol. The average molecular weight is 569 g/mol. The van der Waals surface area contributed by atoms with Crippen molar-refractivity contribution in [2.75, 3.05) is 6.61 Å². The lowest BCUT2D eigenvalue weighted by Crippen LogP contribution is -1.97. The smallest absolute Gasteiger partial charge is 0.167 e. The lowest BCUT2D eigenvalue weighted by atomic mass is 9.96. The Kier molecular flexibility index (Phi) is 12.6. The molecule has 42 heavy (non-hydrogen) atoms. The van der Waals surface area contributed by atoms with Crippen molar-refractivity contribution in [1.29, 1.82) is 0 Å². The van der Waals surface area contributed by atoms with Crippen molar-refractivity contribution >= 4 is 0 Å². The van der Waals surface area contributed by atoms with Crippen LogP contribution in [0, 0.1) is 11.6 Å². The van der Waals surface area contributed by atoms with E-state index in [9.17, 15) is 0 Å². The molecule has 0 aromatic heterocycles. The van der Waals surface area contributed by atoms with Crippen LogP contribution in [-0.2, 0) is 6.42 Å². The topological polar surface area (TPSA) is 9.23 Å². The molecule has 4 aromatic carbocycles. The zero-order chi connectivity index (χ0) is 29.6. The van der Waals surface area contributed by atoms with Gasteiger partial charge in [0, 0.05) is 11.1 Å². The minimum Gasteiger partial charge on any atom is -0.494 e. The number of unbranched alkanes of at least 4 members (excludes halogenated alkanes) is 9. The van der Waals surface area contributed by atoms with Crippen LogP contribution in [0.3, 0.4) is 0 Å². The van der Waals surface area contributed by atoms with Crippen LogP contribution in [0.1, 0.15) is 90.0 Å². The first-order valence-corrected chi connectivity index (χ1v) is 16.0. The van der Waals surface area contributed by atoms with Crippen LogP contribution < -0.4 is 4.74 Å². The third-order valence-corrected chi connectivity index (χ3v) is 8.07. The van der Waals surface area contributed by atoms with Crippen LogP contribution in [0.25, 0.3) is 33.4 Å². The summed E-state index contributed by atoms with van der Waals surface area (Å²) < 4.78 is 36.3. The van der Waals surface area contributed by atoms with E-state index in [0.717, 1.165) is 36.1 Å². The highest BCUT2D eigenvalue weighted by molar-refractivity contribution is 5.74. The summed E-state index contributed by atoms with van der Waals surface area (Å²) in [5.74, 6) is -0.909. The third kappa shape index (κ3) is 9.02. The highest BCUT2D eigenvalue weighted by atomic mass is 19.2. The molecule has 3 heteroatoms. The molecule has 0 aliphatic rings. The van der Waals surface area contributed by atoms with Crippen molar-refractivity contribution in [1.82, 2.24) is 0 Å². The normalized spacial score (nSPS) is 11.1. The van der Waals surface area contributed by atoms with Gasteiger partial charge in [-0.2, -0.15) is 0 Å². The molecule has 0 unspecified atom stereocenters. The molecule has 222 valence electrons. The van der Waals surface area contributed by atoms with Gasteiger partial charge in [-0.25, -0.2) is 8.78 Å². The molecule has 1 nitrogen and oxygen atoms in total. The van der Waals surface area contributed by atoms with Crippen LogP contribution >= 0.6 is 0 Å². The largest absolute Gasteiger partial charge is 0.494 e. The Bertz CT molecular complexity index is 1340. The summed E-state index contributed by atoms with van der Waals surface area (Å²) in [6, 6.07) is 27.0. The van der Waals surface area contributed by atoms with E-state index in [1.165, 1.54) is 63.4 Å². The number of rotatable bonds is 17. The molecule has 0 aliphatic heterocycles. The fourth-order valence-electron chi connectivity index (χ4n) is 5.44. The maximum absolute atomic E-state index is 15.3. The summed E-state index contributed by atoms with van der Waals surface area (Å²) in [5, 5.41) is 0. The van der Waals surface area contributed by atoms with E-state index in [0.29, 0.717) is 17.7 Å². The Morgan fingerprint density at radius 2 is 0.881 bits per heavy atom. The minimum atomic E-state index is -0.831. The minimum absolute atomic E-state index is 0.250. The zero-order valence-corrected chi connectivity index (χ0v) is 25.4. The number of benzene rings is 4. The van der Waals surface area contributed by atoms with E-state index in [1.54, 1.807) is 24.3 Å². The van der Waals surface area contributed by atoms with Crippen LogP contribution in [0.4, 0.5) is 8.78 Å². The quantitative estimate of drug-likeness (QED) is 0.115. The van der Waals surface area contributed by atoms with E-state index in [1.807, 2.05) is 36.4 Å². The summed E-state index contributed by atoms with van der Waals surface area (Å²) in [7, 11) is 0. The Morgan fingerprint density at radius 1 is 0.452 bits per heavy atom. The lowest BCUT2D eigenvalue weighted by molar-refractivity contribution is 0.304. The second kappa shape index (κ2) is 16.9. The SMILES string of the molecule is CCCCCCCCc1ccc(-c2ccc(-c3ccc(-c4ccc(OCCCCCCC)cc4)c(F)c3F)cc2)cc1. The summed E-state index contributed by atoms with van der Waals surface area (Å²) >= 11 is 0. The Morgan fingerprint density at radius 3 is 1.43 bits per heavy atom. The van der Waals surface area contributed by atoms with Gasteiger partial charge in [-0.3, -0.25) is 0 Å². The summed E-state index contributed by atoms with van der Waals surface area (Å²) in [6.45, 7) is 5.12. The van der Waals surface area contributed by atoms with Crippen LogP contribution in [0.15, 0.2) is 84.9 Å². The van der Waals surface area contributed by atoms with Gasteiger partial charge < -0.3 is 4.74 Å². The number of hydrogen-bond donors (Lipinski definition) is 0. The second-order valence-corrected chi connectivity index (χ2v) is 11.4. The molecule has 0 aliphatic carbocycles.